The zero-order valence-corrected chi connectivity index (χ0v) is 12.3. The Morgan fingerprint density at radius 1 is 0.900 bits per heavy atom. The summed E-state index contributed by atoms with van der Waals surface area (Å²) < 4.78 is 0. The van der Waals surface area contributed by atoms with Gasteiger partial charge in [-0.25, -0.2) is 0 Å². The van der Waals surface area contributed by atoms with E-state index in [0.717, 1.165) is 21.9 Å². The Morgan fingerprint density at radius 3 is 2.30 bits per heavy atom. The van der Waals surface area contributed by atoms with Crippen molar-refractivity contribution < 1.29 is 5.11 Å². The number of halogens is 2. The number of phenols is 1. The highest BCUT2D eigenvalue weighted by Gasteiger charge is 2.16. The summed E-state index contributed by atoms with van der Waals surface area (Å²) in [6.07, 6.45) is 0. The second kappa shape index (κ2) is 5.01. The summed E-state index contributed by atoms with van der Waals surface area (Å²) in [4.78, 5) is 0. The molecule has 0 aliphatic carbocycles. The minimum Gasteiger partial charge on any atom is -0.507 e. The van der Waals surface area contributed by atoms with Gasteiger partial charge < -0.3 is 5.11 Å². The minimum atomic E-state index is 0.187. The lowest BCUT2D eigenvalue weighted by atomic mass is 9.95. The molecule has 0 aromatic heterocycles. The van der Waals surface area contributed by atoms with E-state index in [1.807, 2.05) is 43.3 Å². The molecule has 100 valence electrons. The van der Waals surface area contributed by atoms with Gasteiger partial charge in [0, 0.05) is 21.5 Å². The highest BCUT2D eigenvalue weighted by atomic mass is 35.5. The summed E-state index contributed by atoms with van der Waals surface area (Å²) in [6, 6.07) is 15.4. The first-order valence-electron chi connectivity index (χ1n) is 6.25. The van der Waals surface area contributed by atoms with Gasteiger partial charge in [0.25, 0.3) is 0 Å². The molecule has 0 saturated heterocycles. The fourth-order valence-electron chi connectivity index (χ4n) is 2.43. The maximum atomic E-state index is 10.3. The summed E-state index contributed by atoms with van der Waals surface area (Å²) in [7, 11) is 0. The van der Waals surface area contributed by atoms with Crippen molar-refractivity contribution in [1.29, 1.82) is 0 Å². The van der Waals surface area contributed by atoms with Crippen LogP contribution >= 0.6 is 23.2 Å². The number of fused-ring (bicyclic) bond motifs is 1. The van der Waals surface area contributed by atoms with E-state index < -0.39 is 0 Å². The van der Waals surface area contributed by atoms with Gasteiger partial charge in [-0.2, -0.15) is 0 Å². The lowest BCUT2D eigenvalue weighted by molar-refractivity contribution is 0.477. The Morgan fingerprint density at radius 2 is 1.60 bits per heavy atom. The molecule has 1 nitrogen and oxygen atoms in total. The van der Waals surface area contributed by atoms with Crippen LogP contribution in [0, 0.1) is 6.92 Å². The quantitative estimate of drug-likeness (QED) is 0.600. The van der Waals surface area contributed by atoms with Gasteiger partial charge in [0.15, 0.2) is 0 Å². The molecule has 3 aromatic rings. The zero-order chi connectivity index (χ0) is 14.3. The molecule has 20 heavy (non-hydrogen) atoms. The lowest BCUT2D eigenvalue weighted by Crippen LogP contribution is -1.88. The van der Waals surface area contributed by atoms with E-state index in [9.17, 15) is 5.11 Å². The van der Waals surface area contributed by atoms with Crippen LogP contribution in [0.2, 0.25) is 10.0 Å². The van der Waals surface area contributed by atoms with Crippen LogP contribution in [-0.2, 0) is 0 Å². The van der Waals surface area contributed by atoms with Crippen LogP contribution in [-0.4, -0.2) is 5.11 Å². The predicted octanol–water partition coefficient (Wildman–Crippen LogP) is 5.83. The molecule has 0 saturated carbocycles. The van der Waals surface area contributed by atoms with Gasteiger partial charge in [-0.05, 0) is 30.0 Å². The van der Waals surface area contributed by atoms with Crippen LogP contribution < -0.4 is 0 Å². The first-order valence-corrected chi connectivity index (χ1v) is 7.01. The van der Waals surface area contributed by atoms with Crippen molar-refractivity contribution in [1.82, 2.24) is 0 Å². The maximum Gasteiger partial charge on any atom is 0.127 e. The third-order valence-electron chi connectivity index (χ3n) is 3.47. The van der Waals surface area contributed by atoms with Crippen molar-refractivity contribution in [2.45, 2.75) is 6.92 Å². The molecule has 0 atom stereocenters. The molecule has 1 N–H and O–H groups in total. The molecule has 3 heteroatoms. The molecule has 0 fully saturated rings. The molecule has 3 rings (SSSR count). The molecule has 0 bridgehead atoms. The van der Waals surface area contributed by atoms with Gasteiger partial charge in [-0.15, -0.1) is 0 Å². The number of phenolic OH excluding ortho intramolecular Hbond substituents is 1. The lowest BCUT2D eigenvalue weighted by Gasteiger charge is -2.14. The van der Waals surface area contributed by atoms with E-state index in [0.29, 0.717) is 15.6 Å². The van der Waals surface area contributed by atoms with Crippen molar-refractivity contribution in [3.05, 3.63) is 64.1 Å². The van der Waals surface area contributed by atoms with Crippen LogP contribution in [0.25, 0.3) is 21.9 Å². The highest BCUT2D eigenvalue weighted by Crippen LogP contribution is 2.43. The second-order valence-electron chi connectivity index (χ2n) is 4.72. The largest absolute Gasteiger partial charge is 0.507 e. The van der Waals surface area contributed by atoms with Crippen LogP contribution in [0.1, 0.15) is 5.56 Å². The third kappa shape index (κ3) is 2.04. The minimum absolute atomic E-state index is 0.187. The second-order valence-corrected chi connectivity index (χ2v) is 5.53. The average molecular weight is 303 g/mol. The number of benzene rings is 3. The third-order valence-corrected chi connectivity index (χ3v) is 4.18. The van der Waals surface area contributed by atoms with Crippen molar-refractivity contribution >= 4 is 34.0 Å². The van der Waals surface area contributed by atoms with Crippen molar-refractivity contribution in [2.75, 3.05) is 0 Å². The van der Waals surface area contributed by atoms with E-state index in [4.69, 9.17) is 23.2 Å². The smallest absolute Gasteiger partial charge is 0.127 e. The zero-order valence-electron chi connectivity index (χ0n) is 10.8. The maximum absolute atomic E-state index is 10.3. The Balaban J connectivity index is 2.48. The molecule has 0 aliphatic rings. The van der Waals surface area contributed by atoms with E-state index >= 15 is 0 Å². The van der Waals surface area contributed by atoms with E-state index in [-0.39, 0.29) is 5.75 Å². The summed E-state index contributed by atoms with van der Waals surface area (Å²) >= 11 is 12.5. The standard InChI is InChI=1S/C17H12Cl2O/c1-10-16(19)15(11-5-3-2-4-6-11)13-8-7-12(18)9-14(13)17(10)20/h2-9,20H,1H3. The first kappa shape index (κ1) is 13.3. The van der Waals surface area contributed by atoms with E-state index in [1.54, 1.807) is 12.1 Å². The Labute approximate surface area is 127 Å². The van der Waals surface area contributed by atoms with E-state index in [1.165, 1.54) is 0 Å². The fourth-order valence-corrected chi connectivity index (χ4v) is 2.90. The van der Waals surface area contributed by atoms with Gasteiger partial charge in [0.05, 0.1) is 5.02 Å². The molecule has 0 amide bonds. The van der Waals surface area contributed by atoms with Crippen LogP contribution in [0.15, 0.2) is 48.5 Å². The SMILES string of the molecule is Cc1c(Cl)c(-c2ccccc2)c2ccc(Cl)cc2c1O. The monoisotopic (exact) mass is 302 g/mol. The van der Waals surface area contributed by atoms with Gasteiger partial charge in [-0.3, -0.25) is 0 Å². The molecule has 0 radical (unpaired) electrons. The summed E-state index contributed by atoms with van der Waals surface area (Å²) in [5.74, 6) is 0.187. The molecule has 0 unspecified atom stereocenters. The number of hydrogen-bond donors (Lipinski definition) is 1. The van der Waals surface area contributed by atoms with Crippen LogP contribution in [0.5, 0.6) is 5.75 Å². The predicted molar refractivity (Wildman–Crippen MR) is 85.8 cm³/mol. The van der Waals surface area contributed by atoms with Crippen molar-refractivity contribution in [2.24, 2.45) is 0 Å². The topological polar surface area (TPSA) is 20.2 Å². The number of hydrogen-bond acceptors (Lipinski definition) is 1. The summed E-state index contributed by atoms with van der Waals surface area (Å²) in [6.45, 7) is 1.81. The van der Waals surface area contributed by atoms with Crippen LogP contribution in [0.4, 0.5) is 0 Å². The molecule has 0 heterocycles. The molecule has 0 spiro atoms. The Kier molecular flexibility index (Phi) is 3.33. The van der Waals surface area contributed by atoms with E-state index in [2.05, 4.69) is 0 Å². The number of rotatable bonds is 1. The Hall–Kier alpha value is -1.70. The van der Waals surface area contributed by atoms with Gasteiger partial charge in [0.2, 0.25) is 0 Å². The Bertz CT molecular complexity index is 795. The summed E-state index contributed by atoms with van der Waals surface area (Å²) in [5.41, 5.74) is 2.61. The normalized spacial score (nSPS) is 10.9. The molecule has 3 aromatic carbocycles. The molecule has 0 aliphatic heterocycles. The average Bonchev–Trinajstić information content (AvgIpc) is 2.47. The van der Waals surface area contributed by atoms with Gasteiger partial charge in [0.1, 0.15) is 5.75 Å². The first-order chi connectivity index (χ1) is 9.59. The van der Waals surface area contributed by atoms with Gasteiger partial charge in [-0.1, -0.05) is 59.6 Å². The summed E-state index contributed by atoms with van der Waals surface area (Å²) in [5, 5.41) is 13.1. The number of aromatic hydroxyl groups is 1. The van der Waals surface area contributed by atoms with Crippen LogP contribution in [0.3, 0.4) is 0 Å². The molecular weight excluding hydrogens is 291 g/mol. The molecular formula is C17H12Cl2O. The fraction of sp³-hybridized carbons (Fsp3) is 0.0588. The highest BCUT2D eigenvalue weighted by molar-refractivity contribution is 6.37. The van der Waals surface area contributed by atoms with Gasteiger partial charge >= 0.3 is 0 Å². The van der Waals surface area contributed by atoms with Crippen molar-refractivity contribution in [3.63, 3.8) is 0 Å². The van der Waals surface area contributed by atoms with Crippen molar-refractivity contribution in [3.8, 4) is 16.9 Å².